The largest absolute Gasteiger partial charge is 0.478 e. The fourth-order valence-electron chi connectivity index (χ4n) is 1.85. The van der Waals surface area contributed by atoms with Crippen molar-refractivity contribution in [2.24, 2.45) is 0 Å². The Labute approximate surface area is 167 Å². The van der Waals surface area contributed by atoms with Gasteiger partial charge < -0.3 is 10.2 Å². The molecule has 0 aliphatic carbocycles. The molecule has 0 radical (unpaired) electrons. The lowest BCUT2D eigenvalue weighted by Crippen LogP contribution is -2.02. The van der Waals surface area contributed by atoms with Crippen molar-refractivity contribution >= 4 is 34.5 Å². The Bertz CT molecular complexity index is 925. The van der Waals surface area contributed by atoms with Gasteiger partial charge in [-0.2, -0.15) is 13.2 Å². The summed E-state index contributed by atoms with van der Waals surface area (Å²) in [6.45, 7) is 3.40. The van der Waals surface area contributed by atoms with E-state index in [2.05, 4.69) is 22.6 Å². The van der Waals surface area contributed by atoms with E-state index >= 15 is 0 Å². The number of aryl methyl sites for hydroxylation is 2. The van der Waals surface area contributed by atoms with Crippen LogP contribution in [0.4, 0.5) is 13.2 Å². The van der Waals surface area contributed by atoms with Crippen molar-refractivity contribution in [1.82, 2.24) is 0 Å². The molecule has 0 unspecified atom stereocenters. The minimum Gasteiger partial charge on any atom is -0.478 e. The highest BCUT2D eigenvalue weighted by molar-refractivity contribution is 14.1. The maximum absolute atomic E-state index is 11.8. The first-order chi connectivity index (χ1) is 12.4. The van der Waals surface area contributed by atoms with Gasteiger partial charge >= 0.3 is 18.1 Å². The van der Waals surface area contributed by atoms with Crippen LogP contribution in [0.3, 0.4) is 0 Å². The summed E-state index contributed by atoms with van der Waals surface area (Å²) in [7, 11) is 0. The predicted molar refractivity (Wildman–Crippen MR) is 102 cm³/mol. The number of alkyl halides is 3. The molecule has 4 nitrogen and oxygen atoms in total. The van der Waals surface area contributed by atoms with E-state index in [0.717, 1.165) is 15.1 Å². The molecule has 0 aromatic heterocycles. The van der Waals surface area contributed by atoms with Gasteiger partial charge in [0.05, 0.1) is 11.1 Å². The summed E-state index contributed by atoms with van der Waals surface area (Å²) in [5, 5.41) is 17.2. The summed E-state index contributed by atoms with van der Waals surface area (Å²) >= 11 is 2.17. The third-order valence-corrected chi connectivity index (χ3v) is 4.43. The number of carbonyl (C=O) groups is 2. The van der Waals surface area contributed by atoms with Crippen molar-refractivity contribution in [2.45, 2.75) is 20.0 Å². The van der Waals surface area contributed by atoms with Crippen molar-refractivity contribution in [3.8, 4) is 11.8 Å². The fourth-order valence-corrected chi connectivity index (χ4v) is 2.19. The Balaban J connectivity index is 0.000000289. The predicted octanol–water partition coefficient (Wildman–Crippen LogP) is 4.90. The molecule has 0 atom stereocenters. The second-order valence-electron chi connectivity index (χ2n) is 5.35. The number of halogens is 4. The van der Waals surface area contributed by atoms with Crippen molar-refractivity contribution in [2.75, 3.05) is 0 Å². The summed E-state index contributed by atoms with van der Waals surface area (Å²) in [5.41, 5.74) is 1.95. The summed E-state index contributed by atoms with van der Waals surface area (Å²) < 4.78 is 36.5. The van der Waals surface area contributed by atoms with E-state index in [4.69, 9.17) is 10.2 Å². The molecule has 27 heavy (non-hydrogen) atoms. The molecule has 0 saturated heterocycles. The van der Waals surface area contributed by atoms with Gasteiger partial charge in [-0.3, -0.25) is 0 Å². The molecule has 0 spiro atoms. The van der Waals surface area contributed by atoms with Gasteiger partial charge in [0, 0.05) is 15.1 Å². The number of carboxylic acids is 2. The molecule has 0 aliphatic heterocycles. The number of aromatic carboxylic acids is 2. The molecule has 2 N–H and O–H groups in total. The molecule has 142 valence electrons. The Kier molecular flexibility index (Phi) is 7.84. The molecule has 0 aliphatic rings. The van der Waals surface area contributed by atoms with Crippen molar-refractivity contribution in [1.29, 1.82) is 0 Å². The van der Waals surface area contributed by atoms with E-state index in [0.29, 0.717) is 11.1 Å². The van der Waals surface area contributed by atoms with Gasteiger partial charge in [0.25, 0.3) is 0 Å². The highest BCUT2D eigenvalue weighted by atomic mass is 127. The second kappa shape index (κ2) is 9.41. The average molecular weight is 490 g/mol. The second-order valence-corrected chi connectivity index (χ2v) is 6.51. The van der Waals surface area contributed by atoms with E-state index in [1.165, 1.54) is 25.1 Å². The number of rotatable bonds is 2. The van der Waals surface area contributed by atoms with Crippen LogP contribution < -0.4 is 0 Å². The van der Waals surface area contributed by atoms with Gasteiger partial charge in [-0.05, 0) is 84.0 Å². The van der Waals surface area contributed by atoms with Gasteiger partial charge in [-0.25, -0.2) is 9.59 Å². The maximum atomic E-state index is 11.8. The van der Waals surface area contributed by atoms with Crippen LogP contribution in [0.5, 0.6) is 0 Å². The Morgan fingerprint density at radius 1 is 0.926 bits per heavy atom. The SMILES string of the molecule is Cc1cc(C(=O)O)ccc1C#CC(F)(F)F.Cc1cc(C(=O)O)ccc1I. The number of benzene rings is 2. The first-order valence-electron chi connectivity index (χ1n) is 7.34. The monoisotopic (exact) mass is 490 g/mol. The lowest BCUT2D eigenvalue weighted by atomic mass is 10.1. The van der Waals surface area contributed by atoms with Crippen LogP contribution in [0.25, 0.3) is 0 Å². The normalized spacial score (nSPS) is 10.1. The lowest BCUT2D eigenvalue weighted by molar-refractivity contribution is -0.0696. The van der Waals surface area contributed by atoms with Crippen LogP contribution in [0.15, 0.2) is 36.4 Å². The van der Waals surface area contributed by atoms with Gasteiger partial charge in [0.2, 0.25) is 0 Å². The van der Waals surface area contributed by atoms with Gasteiger partial charge in [-0.1, -0.05) is 5.92 Å². The lowest BCUT2D eigenvalue weighted by Gasteiger charge is -2.00. The van der Waals surface area contributed by atoms with Crippen LogP contribution >= 0.6 is 22.6 Å². The van der Waals surface area contributed by atoms with E-state index in [-0.39, 0.29) is 11.1 Å². The molecule has 0 saturated carbocycles. The summed E-state index contributed by atoms with van der Waals surface area (Å²) in [6, 6.07) is 8.84. The van der Waals surface area contributed by atoms with Crippen molar-refractivity contribution in [3.63, 3.8) is 0 Å². The highest BCUT2D eigenvalue weighted by Gasteiger charge is 2.23. The quantitative estimate of drug-likeness (QED) is 0.464. The van der Waals surface area contributed by atoms with E-state index in [1.807, 2.05) is 12.8 Å². The molecule has 0 heterocycles. The van der Waals surface area contributed by atoms with Crippen molar-refractivity contribution in [3.05, 3.63) is 67.8 Å². The zero-order valence-corrected chi connectivity index (χ0v) is 16.3. The van der Waals surface area contributed by atoms with Crippen LogP contribution in [0.2, 0.25) is 0 Å². The molecule has 0 amide bonds. The first-order valence-corrected chi connectivity index (χ1v) is 8.42. The average Bonchev–Trinajstić information content (AvgIpc) is 2.55. The zero-order valence-electron chi connectivity index (χ0n) is 14.2. The third-order valence-electron chi connectivity index (χ3n) is 3.22. The zero-order chi connectivity index (χ0) is 20.8. The van der Waals surface area contributed by atoms with Gasteiger partial charge in [-0.15, -0.1) is 0 Å². The van der Waals surface area contributed by atoms with Crippen LogP contribution in [-0.2, 0) is 0 Å². The topological polar surface area (TPSA) is 74.6 Å². The fraction of sp³-hybridized carbons (Fsp3) is 0.158. The molecule has 2 aromatic rings. The first kappa shape index (κ1) is 22.5. The van der Waals surface area contributed by atoms with Gasteiger partial charge in [0.1, 0.15) is 0 Å². The van der Waals surface area contributed by atoms with E-state index in [1.54, 1.807) is 18.2 Å². The number of hydrogen-bond donors (Lipinski definition) is 2. The highest BCUT2D eigenvalue weighted by Crippen LogP contribution is 2.15. The molecule has 2 rings (SSSR count). The minimum absolute atomic E-state index is 0.0232. The van der Waals surface area contributed by atoms with Crippen LogP contribution in [-0.4, -0.2) is 28.3 Å². The van der Waals surface area contributed by atoms with Crippen LogP contribution in [0.1, 0.15) is 37.4 Å². The minimum atomic E-state index is -4.54. The molecular formula is C19H14F3IO4. The van der Waals surface area contributed by atoms with Gasteiger partial charge in [0.15, 0.2) is 0 Å². The molecule has 0 fully saturated rings. The molecular weight excluding hydrogens is 476 g/mol. The standard InChI is InChI=1S/C11H7F3O2.C8H7IO2/c1-7-6-9(10(15)16)3-2-8(7)4-5-11(12,13)14;1-5-4-6(8(10)11)2-3-7(5)9/h2-3,6H,1H3,(H,15,16);2-4H,1H3,(H,10,11). The summed E-state index contributed by atoms with van der Waals surface area (Å²) in [5.74, 6) is 1.08. The summed E-state index contributed by atoms with van der Waals surface area (Å²) in [6.07, 6.45) is -4.54. The Morgan fingerprint density at radius 2 is 1.41 bits per heavy atom. The smallest absolute Gasteiger partial charge is 0.458 e. The van der Waals surface area contributed by atoms with E-state index in [9.17, 15) is 22.8 Å². The number of carboxylic acid groups (broad SMARTS) is 2. The molecule has 2 aromatic carbocycles. The Morgan fingerprint density at radius 3 is 1.81 bits per heavy atom. The van der Waals surface area contributed by atoms with Crippen LogP contribution in [0, 0.1) is 29.3 Å². The summed E-state index contributed by atoms with van der Waals surface area (Å²) in [4.78, 5) is 21.0. The Hall–Kier alpha value is -2.54. The van der Waals surface area contributed by atoms with E-state index < -0.39 is 18.1 Å². The molecule has 8 heteroatoms. The third kappa shape index (κ3) is 7.70. The molecule has 0 bridgehead atoms. The number of hydrogen-bond acceptors (Lipinski definition) is 2. The maximum Gasteiger partial charge on any atom is 0.458 e. The van der Waals surface area contributed by atoms with Crippen molar-refractivity contribution < 1.29 is 33.0 Å².